The van der Waals surface area contributed by atoms with E-state index in [1.54, 1.807) is 5.57 Å². The number of allylic oxidation sites excluding steroid dienone is 10. The van der Waals surface area contributed by atoms with E-state index < -0.39 is 0 Å². The van der Waals surface area contributed by atoms with Crippen LogP contribution in [0.4, 0.5) is 0 Å². The predicted octanol–water partition coefficient (Wildman–Crippen LogP) is 10.2. The molecule has 3 aromatic carbocycles. The van der Waals surface area contributed by atoms with Crippen LogP contribution in [0.5, 0.6) is 0 Å². The van der Waals surface area contributed by atoms with Crippen molar-refractivity contribution in [3.8, 4) is 0 Å². The fourth-order valence-corrected chi connectivity index (χ4v) is 9.63. The Bertz CT molecular complexity index is 1940. The molecule has 0 saturated carbocycles. The topological polar surface area (TPSA) is 34.0 Å². The van der Waals surface area contributed by atoms with Gasteiger partial charge in [0.05, 0.1) is 11.5 Å². The molecule has 1 saturated heterocycles. The molecule has 0 aromatic heterocycles. The number of fused-ring (bicyclic) bond motifs is 3. The highest BCUT2D eigenvalue weighted by Crippen LogP contribution is 2.61. The van der Waals surface area contributed by atoms with E-state index in [4.69, 9.17) is 0 Å². The van der Waals surface area contributed by atoms with Crippen LogP contribution in [0, 0.1) is 5.41 Å². The third-order valence-electron chi connectivity index (χ3n) is 12.1. The van der Waals surface area contributed by atoms with E-state index in [1.165, 1.54) is 44.7 Å². The van der Waals surface area contributed by atoms with Gasteiger partial charge in [-0.2, -0.15) is 0 Å². The molecule has 0 spiro atoms. The number of benzene rings is 3. The zero-order chi connectivity index (χ0) is 32.1. The Balaban J connectivity index is 1.07. The molecule has 0 bridgehead atoms. The maximum Gasteiger partial charge on any atom is 0.0670 e. The lowest BCUT2D eigenvalue weighted by atomic mass is 9.62. The third kappa shape index (κ3) is 4.79. The summed E-state index contributed by atoms with van der Waals surface area (Å²) in [5.41, 5.74) is 12.6. The van der Waals surface area contributed by atoms with Crippen molar-refractivity contribution >= 4 is 0 Å². The zero-order valence-corrected chi connectivity index (χ0v) is 28.0. The first kappa shape index (κ1) is 29.7. The number of nitrogens with one attached hydrogen (secondary N) is 2. The van der Waals surface area contributed by atoms with Crippen LogP contribution in [0.25, 0.3) is 0 Å². The van der Waals surface area contributed by atoms with E-state index in [-0.39, 0.29) is 10.8 Å². The third-order valence-corrected chi connectivity index (χ3v) is 12.1. The summed E-state index contributed by atoms with van der Waals surface area (Å²) in [5, 5.41) is 7.88. The van der Waals surface area contributed by atoms with Crippen molar-refractivity contribution < 1.29 is 0 Å². The lowest BCUT2D eigenvalue weighted by Gasteiger charge is -2.44. The molecule has 2 N–H and O–H groups in total. The lowest BCUT2D eigenvalue weighted by Crippen LogP contribution is -2.45. The first-order chi connectivity index (χ1) is 23.7. The van der Waals surface area contributed by atoms with Crippen molar-refractivity contribution in [3.05, 3.63) is 190 Å². The summed E-state index contributed by atoms with van der Waals surface area (Å²) in [6, 6.07) is 32.8. The highest BCUT2D eigenvalue weighted by molar-refractivity contribution is 5.71. The highest BCUT2D eigenvalue weighted by Gasteiger charge is 2.52. The molecule has 0 amide bonds. The van der Waals surface area contributed by atoms with Gasteiger partial charge in [0.25, 0.3) is 0 Å². The van der Waals surface area contributed by atoms with Crippen molar-refractivity contribution in [1.82, 2.24) is 10.6 Å². The van der Waals surface area contributed by atoms with Crippen LogP contribution in [0.15, 0.2) is 168 Å². The van der Waals surface area contributed by atoms with E-state index in [1.807, 2.05) is 0 Å². The highest BCUT2D eigenvalue weighted by atomic mass is 15.2. The summed E-state index contributed by atoms with van der Waals surface area (Å²) >= 11 is 0. The maximum atomic E-state index is 4.12. The van der Waals surface area contributed by atoms with Gasteiger partial charge in [-0.05, 0) is 95.6 Å². The molecular formula is C46H46N2. The minimum Gasteiger partial charge on any atom is -0.381 e. The van der Waals surface area contributed by atoms with Gasteiger partial charge in [0, 0.05) is 29.1 Å². The predicted molar refractivity (Wildman–Crippen MR) is 199 cm³/mol. The Hall–Kier alpha value is -4.40. The normalized spacial score (nSPS) is 31.8. The van der Waals surface area contributed by atoms with Gasteiger partial charge in [0.2, 0.25) is 0 Å². The molecule has 48 heavy (non-hydrogen) atoms. The van der Waals surface area contributed by atoms with Gasteiger partial charge in [0.15, 0.2) is 0 Å². The largest absolute Gasteiger partial charge is 0.381 e. The standard InChI is InChI=1S/C46H46N2/c1-45(29-14-13-26-42(45)47-37-23-15-18-33(30-37)44-43(48-44)32-16-5-2-6-17-32)36-27-28-39-38-24-11-12-25-40(38)46(41(39)31-36,34-19-7-3-8-20-34)35-21-9-4-10-22-35/h2-3,5-9,11-12,14,16-17,19-25,27,29-31,39,42-44,47-48H,4,10,13,15,18,26,28H2,1H3/t39?,42?,43-,44?,45?,46?/m0/s1. The molecule has 9 rings (SSSR count). The summed E-state index contributed by atoms with van der Waals surface area (Å²) in [7, 11) is 0. The van der Waals surface area contributed by atoms with Crippen LogP contribution in [-0.4, -0.2) is 12.1 Å². The quantitative estimate of drug-likeness (QED) is 0.202. The number of hydrogen-bond acceptors (Lipinski definition) is 2. The molecule has 3 aromatic rings. The smallest absolute Gasteiger partial charge is 0.0670 e. The molecule has 240 valence electrons. The van der Waals surface area contributed by atoms with Crippen LogP contribution in [0.2, 0.25) is 0 Å². The SMILES string of the molecule is CC1(C2=CCC3C(=C2)C(C2=CCCC=C2)(c2ccccc2)c2ccccc23)C=CCCC1NC1=CCCC(C2N[C@H]2c2ccccc2)=C1. The molecule has 5 unspecified atom stereocenters. The summed E-state index contributed by atoms with van der Waals surface area (Å²) in [6.45, 7) is 2.48. The fourth-order valence-electron chi connectivity index (χ4n) is 9.63. The second kappa shape index (κ2) is 11.9. The molecule has 0 radical (unpaired) electrons. The molecule has 1 aliphatic heterocycles. The van der Waals surface area contributed by atoms with Gasteiger partial charge in [-0.25, -0.2) is 0 Å². The van der Waals surface area contributed by atoms with Crippen molar-refractivity contribution in [2.75, 3.05) is 0 Å². The molecule has 6 atom stereocenters. The van der Waals surface area contributed by atoms with Crippen molar-refractivity contribution in [1.29, 1.82) is 0 Å². The molecule has 5 aliphatic carbocycles. The number of hydrogen-bond donors (Lipinski definition) is 2. The summed E-state index contributed by atoms with van der Waals surface area (Å²) in [5.74, 6) is 0.388. The Morgan fingerprint density at radius 2 is 1.54 bits per heavy atom. The Kier molecular flexibility index (Phi) is 7.39. The summed E-state index contributed by atoms with van der Waals surface area (Å²) in [4.78, 5) is 0. The van der Waals surface area contributed by atoms with E-state index in [0.717, 1.165) is 44.9 Å². The lowest BCUT2D eigenvalue weighted by molar-refractivity contribution is 0.324. The molecule has 2 nitrogen and oxygen atoms in total. The van der Waals surface area contributed by atoms with Crippen LogP contribution in [-0.2, 0) is 5.41 Å². The molecule has 1 fully saturated rings. The monoisotopic (exact) mass is 626 g/mol. The second-order valence-corrected chi connectivity index (χ2v) is 14.8. The van der Waals surface area contributed by atoms with Crippen LogP contribution < -0.4 is 10.6 Å². The van der Waals surface area contributed by atoms with Crippen molar-refractivity contribution in [3.63, 3.8) is 0 Å². The zero-order valence-electron chi connectivity index (χ0n) is 28.0. The van der Waals surface area contributed by atoms with Crippen LogP contribution in [0.1, 0.15) is 86.1 Å². The van der Waals surface area contributed by atoms with E-state index in [0.29, 0.717) is 24.0 Å². The average Bonchev–Trinajstić information content (AvgIpc) is 3.91. The maximum absolute atomic E-state index is 4.12. The van der Waals surface area contributed by atoms with E-state index >= 15 is 0 Å². The first-order valence-electron chi connectivity index (χ1n) is 18.3. The molecule has 2 heteroatoms. The molecular weight excluding hydrogens is 581 g/mol. The van der Waals surface area contributed by atoms with Gasteiger partial charge in [-0.15, -0.1) is 0 Å². The number of rotatable bonds is 7. The van der Waals surface area contributed by atoms with Crippen LogP contribution >= 0.6 is 0 Å². The van der Waals surface area contributed by atoms with Gasteiger partial charge in [-0.3, -0.25) is 5.32 Å². The van der Waals surface area contributed by atoms with E-state index in [9.17, 15) is 0 Å². The molecule has 6 aliphatic rings. The Morgan fingerprint density at radius 1 is 0.729 bits per heavy atom. The van der Waals surface area contributed by atoms with E-state index in [2.05, 4.69) is 157 Å². The fraction of sp³-hybridized carbons (Fsp3) is 0.304. The summed E-state index contributed by atoms with van der Waals surface area (Å²) < 4.78 is 0. The average molecular weight is 627 g/mol. The first-order valence-corrected chi connectivity index (χ1v) is 18.3. The van der Waals surface area contributed by atoms with Crippen molar-refractivity contribution in [2.24, 2.45) is 5.41 Å². The van der Waals surface area contributed by atoms with Gasteiger partial charge in [-0.1, -0.05) is 140 Å². The van der Waals surface area contributed by atoms with Gasteiger partial charge >= 0.3 is 0 Å². The minimum atomic E-state index is -0.271. The minimum absolute atomic E-state index is 0.110. The second-order valence-electron chi connectivity index (χ2n) is 14.8. The Morgan fingerprint density at radius 3 is 2.38 bits per heavy atom. The van der Waals surface area contributed by atoms with Crippen LogP contribution in [0.3, 0.4) is 0 Å². The summed E-state index contributed by atoms with van der Waals surface area (Å²) in [6.07, 6.45) is 30.1. The molecule has 1 heterocycles. The van der Waals surface area contributed by atoms with Gasteiger partial charge in [0.1, 0.15) is 0 Å². The van der Waals surface area contributed by atoms with Gasteiger partial charge < -0.3 is 5.32 Å². The van der Waals surface area contributed by atoms with Crippen molar-refractivity contribution in [2.45, 2.75) is 81.3 Å². The Labute approximate surface area is 286 Å².